The largest absolute Gasteiger partial charge is 0.464 e. The predicted molar refractivity (Wildman–Crippen MR) is 74.2 cm³/mol. The van der Waals surface area contributed by atoms with E-state index in [0.29, 0.717) is 5.69 Å². The number of benzene rings is 1. The summed E-state index contributed by atoms with van der Waals surface area (Å²) >= 11 is 0. The quantitative estimate of drug-likeness (QED) is 0.864. The first-order chi connectivity index (χ1) is 9.78. The summed E-state index contributed by atoms with van der Waals surface area (Å²) in [5.41, 5.74) is 3.72. The van der Waals surface area contributed by atoms with E-state index in [1.54, 1.807) is 0 Å². The van der Waals surface area contributed by atoms with Crippen LogP contribution >= 0.6 is 0 Å². The highest BCUT2D eigenvalue weighted by Crippen LogP contribution is 2.22. The van der Waals surface area contributed by atoms with Crippen molar-refractivity contribution in [2.24, 2.45) is 0 Å². The first-order valence-corrected chi connectivity index (χ1v) is 6.68. The molecule has 2 aromatic rings. The van der Waals surface area contributed by atoms with Crippen molar-refractivity contribution < 1.29 is 9.53 Å². The summed E-state index contributed by atoms with van der Waals surface area (Å²) in [4.78, 5) is 14.0. The lowest BCUT2D eigenvalue weighted by molar-refractivity contribution is 0.0591. The van der Waals surface area contributed by atoms with Gasteiger partial charge in [0.05, 0.1) is 7.11 Å². The Labute approximate surface area is 117 Å². The van der Waals surface area contributed by atoms with E-state index in [9.17, 15) is 4.79 Å². The number of hydrogen-bond acceptors (Lipinski definition) is 4. The van der Waals surface area contributed by atoms with Crippen LogP contribution in [0.5, 0.6) is 0 Å². The lowest BCUT2D eigenvalue weighted by Crippen LogP contribution is -2.30. The topological polar surface area (TPSA) is 58.2 Å². The standard InChI is InChI=1S/C15H17N3O2/c1-20-15(19)14-12-10-18(8-7-13(12)16-17-14)9-11-5-3-2-4-6-11/h2-6H,7-10H2,1H3,(H,16,17). The van der Waals surface area contributed by atoms with Crippen LogP contribution in [0.3, 0.4) is 0 Å². The Kier molecular flexibility index (Phi) is 3.52. The monoisotopic (exact) mass is 271 g/mol. The van der Waals surface area contributed by atoms with Crippen LogP contribution in [0.25, 0.3) is 0 Å². The molecule has 0 spiro atoms. The van der Waals surface area contributed by atoms with Gasteiger partial charge in [-0.05, 0) is 5.56 Å². The van der Waals surface area contributed by atoms with E-state index in [2.05, 4.69) is 27.2 Å². The molecule has 0 bridgehead atoms. The third-order valence-corrected chi connectivity index (χ3v) is 3.64. The molecule has 104 valence electrons. The van der Waals surface area contributed by atoms with Crippen LogP contribution in [0.2, 0.25) is 0 Å². The maximum atomic E-state index is 11.7. The van der Waals surface area contributed by atoms with E-state index in [1.807, 2.05) is 18.2 Å². The minimum absolute atomic E-state index is 0.371. The van der Waals surface area contributed by atoms with E-state index in [1.165, 1.54) is 12.7 Å². The van der Waals surface area contributed by atoms with Crippen molar-refractivity contribution in [3.63, 3.8) is 0 Å². The van der Waals surface area contributed by atoms with Crippen molar-refractivity contribution in [3.05, 3.63) is 52.8 Å². The molecular formula is C15H17N3O2. The first kappa shape index (κ1) is 12.9. The number of carbonyl (C=O) groups excluding carboxylic acids is 1. The molecule has 0 unspecified atom stereocenters. The molecule has 1 aliphatic heterocycles. The molecule has 0 atom stereocenters. The number of nitrogens with one attached hydrogen (secondary N) is 1. The van der Waals surface area contributed by atoms with Crippen molar-refractivity contribution in [1.29, 1.82) is 0 Å². The molecule has 0 amide bonds. The van der Waals surface area contributed by atoms with Crippen LogP contribution in [-0.4, -0.2) is 34.7 Å². The van der Waals surface area contributed by atoms with Gasteiger partial charge in [-0.3, -0.25) is 10.00 Å². The Morgan fingerprint density at radius 1 is 1.40 bits per heavy atom. The number of nitrogens with zero attached hydrogens (tertiary/aromatic N) is 2. The Balaban J connectivity index is 1.77. The summed E-state index contributed by atoms with van der Waals surface area (Å²) in [5, 5.41) is 7.03. The summed E-state index contributed by atoms with van der Waals surface area (Å²) in [7, 11) is 1.38. The highest BCUT2D eigenvalue weighted by molar-refractivity contribution is 5.89. The molecule has 20 heavy (non-hydrogen) atoms. The fourth-order valence-corrected chi connectivity index (χ4v) is 2.59. The van der Waals surface area contributed by atoms with E-state index < -0.39 is 0 Å². The zero-order chi connectivity index (χ0) is 13.9. The molecule has 0 aliphatic carbocycles. The van der Waals surface area contributed by atoms with Gasteiger partial charge < -0.3 is 4.74 Å². The number of methoxy groups -OCH3 is 1. The summed E-state index contributed by atoms with van der Waals surface area (Å²) in [6.07, 6.45) is 0.881. The summed E-state index contributed by atoms with van der Waals surface area (Å²) in [6, 6.07) is 10.3. The fraction of sp³-hybridized carbons (Fsp3) is 0.333. The number of ether oxygens (including phenoxy) is 1. The number of esters is 1. The van der Waals surface area contributed by atoms with Crippen molar-refractivity contribution in [2.75, 3.05) is 13.7 Å². The van der Waals surface area contributed by atoms with Crippen LogP contribution < -0.4 is 0 Å². The molecule has 1 aromatic carbocycles. The minimum atomic E-state index is -0.371. The summed E-state index contributed by atoms with van der Waals surface area (Å²) in [5.74, 6) is -0.371. The second-order valence-electron chi connectivity index (χ2n) is 4.97. The number of aromatic nitrogens is 2. The number of hydrogen-bond donors (Lipinski definition) is 1. The second kappa shape index (κ2) is 5.46. The number of H-pyrrole nitrogens is 1. The predicted octanol–water partition coefficient (Wildman–Crippen LogP) is 1.75. The van der Waals surface area contributed by atoms with E-state index in [0.717, 1.165) is 37.3 Å². The van der Waals surface area contributed by atoms with Gasteiger partial charge in [0, 0.05) is 37.3 Å². The molecule has 0 fully saturated rings. The van der Waals surface area contributed by atoms with Gasteiger partial charge in [0.15, 0.2) is 5.69 Å². The zero-order valence-electron chi connectivity index (χ0n) is 11.4. The van der Waals surface area contributed by atoms with Gasteiger partial charge in [-0.25, -0.2) is 4.79 Å². The zero-order valence-corrected chi connectivity index (χ0v) is 11.4. The molecule has 5 heteroatoms. The molecule has 1 N–H and O–H groups in total. The van der Waals surface area contributed by atoms with Crippen molar-refractivity contribution in [3.8, 4) is 0 Å². The maximum absolute atomic E-state index is 11.7. The number of carbonyl (C=O) groups is 1. The van der Waals surface area contributed by atoms with Crippen LogP contribution in [-0.2, 0) is 24.2 Å². The SMILES string of the molecule is COC(=O)c1n[nH]c2c1CN(Cc1ccccc1)CC2. The van der Waals surface area contributed by atoms with Gasteiger partial charge in [0.2, 0.25) is 0 Å². The maximum Gasteiger partial charge on any atom is 0.358 e. The molecule has 5 nitrogen and oxygen atoms in total. The second-order valence-corrected chi connectivity index (χ2v) is 4.97. The number of aromatic amines is 1. The third kappa shape index (κ3) is 2.44. The Morgan fingerprint density at radius 2 is 2.20 bits per heavy atom. The van der Waals surface area contributed by atoms with Crippen LogP contribution in [0.15, 0.2) is 30.3 Å². The van der Waals surface area contributed by atoms with Gasteiger partial charge in [-0.2, -0.15) is 5.10 Å². The van der Waals surface area contributed by atoms with Crippen LogP contribution in [0.1, 0.15) is 27.3 Å². The van der Waals surface area contributed by atoms with Crippen LogP contribution in [0.4, 0.5) is 0 Å². The van der Waals surface area contributed by atoms with Crippen LogP contribution in [0, 0.1) is 0 Å². The van der Waals surface area contributed by atoms with Gasteiger partial charge in [-0.1, -0.05) is 30.3 Å². The summed E-state index contributed by atoms with van der Waals surface area (Å²) < 4.78 is 4.77. The lowest BCUT2D eigenvalue weighted by atomic mass is 10.0. The molecule has 1 aliphatic rings. The highest BCUT2D eigenvalue weighted by Gasteiger charge is 2.25. The molecular weight excluding hydrogens is 254 g/mol. The normalized spacial score (nSPS) is 14.8. The summed E-state index contributed by atoms with van der Waals surface area (Å²) in [6.45, 7) is 2.57. The van der Waals surface area contributed by atoms with Gasteiger partial charge in [0.25, 0.3) is 0 Å². The van der Waals surface area contributed by atoms with Gasteiger partial charge >= 0.3 is 5.97 Å². The molecule has 1 aromatic heterocycles. The fourth-order valence-electron chi connectivity index (χ4n) is 2.59. The molecule has 0 saturated heterocycles. The average Bonchev–Trinajstić information content (AvgIpc) is 2.91. The molecule has 2 heterocycles. The van der Waals surface area contributed by atoms with Crippen molar-refractivity contribution in [1.82, 2.24) is 15.1 Å². The Morgan fingerprint density at radius 3 is 2.95 bits per heavy atom. The number of fused-ring (bicyclic) bond motifs is 1. The lowest BCUT2D eigenvalue weighted by Gasteiger charge is -2.26. The Bertz CT molecular complexity index is 607. The third-order valence-electron chi connectivity index (χ3n) is 3.64. The molecule has 0 saturated carbocycles. The van der Waals surface area contributed by atoms with E-state index in [-0.39, 0.29) is 5.97 Å². The smallest absolute Gasteiger partial charge is 0.358 e. The average molecular weight is 271 g/mol. The van der Waals surface area contributed by atoms with Crippen molar-refractivity contribution in [2.45, 2.75) is 19.5 Å². The van der Waals surface area contributed by atoms with E-state index >= 15 is 0 Å². The van der Waals surface area contributed by atoms with E-state index in [4.69, 9.17) is 4.74 Å². The molecule has 3 rings (SSSR count). The minimum Gasteiger partial charge on any atom is -0.464 e. The van der Waals surface area contributed by atoms with Gasteiger partial charge in [-0.15, -0.1) is 0 Å². The van der Waals surface area contributed by atoms with Gasteiger partial charge in [0.1, 0.15) is 0 Å². The molecule has 0 radical (unpaired) electrons. The highest BCUT2D eigenvalue weighted by atomic mass is 16.5. The first-order valence-electron chi connectivity index (χ1n) is 6.68. The Hall–Kier alpha value is -2.14. The number of rotatable bonds is 3. The van der Waals surface area contributed by atoms with Crippen molar-refractivity contribution >= 4 is 5.97 Å².